The third kappa shape index (κ3) is 4.49. The Labute approximate surface area is 155 Å². The number of amides is 1. The highest BCUT2D eigenvalue weighted by Crippen LogP contribution is 2.22. The van der Waals surface area contributed by atoms with Gasteiger partial charge in [0.05, 0.1) is 6.04 Å². The molecule has 1 fully saturated rings. The van der Waals surface area contributed by atoms with Gasteiger partial charge in [0.15, 0.2) is 0 Å². The topological polar surface area (TPSA) is 63.1 Å². The standard InChI is InChI=1S/C20H29N5O/c1-15(2)13-18(19-21-14-22-24(19)3)23-17-9-11-25(12-10-17)20(26)16-7-5-4-6-8-16/h4-8,14-15,17-18,23H,9-13H2,1-3H3/t18-/m1/s1. The number of carbonyl (C=O) groups excluding carboxylic acids is 1. The van der Waals surface area contributed by atoms with Gasteiger partial charge < -0.3 is 10.2 Å². The molecule has 0 aliphatic carbocycles. The highest BCUT2D eigenvalue weighted by atomic mass is 16.2. The first-order valence-electron chi connectivity index (χ1n) is 9.49. The quantitative estimate of drug-likeness (QED) is 0.865. The van der Waals surface area contributed by atoms with Gasteiger partial charge in [-0.3, -0.25) is 9.48 Å². The number of aryl methyl sites for hydroxylation is 1. The molecule has 0 unspecified atom stereocenters. The summed E-state index contributed by atoms with van der Waals surface area (Å²) in [6.45, 7) is 6.04. The van der Waals surface area contributed by atoms with Crippen LogP contribution in [0.1, 0.15) is 55.3 Å². The zero-order chi connectivity index (χ0) is 18.5. The van der Waals surface area contributed by atoms with Crippen LogP contribution in [0.25, 0.3) is 0 Å². The lowest BCUT2D eigenvalue weighted by Crippen LogP contribution is -2.46. The van der Waals surface area contributed by atoms with E-state index in [9.17, 15) is 4.79 Å². The smallest absolute Gasteiger partial charge is 0.253 e. The molecule has 0 bridgehead atoms. The summed E-state index contributed by atoms with van der Waals surface area (Å²) in [4.78, 5) is 19.0. The number of carbonyl (C=O) groups is 1. The van der Waals surface area contributed by atoms with Crippen molar-refractivity contribution in [3.8, 4) is 0 Å². The van der Waals surface area contributed by atoms with Gasteiger partial charge >= 0.3 is 0 Å². The Kier molecular flexibility index (Phi) is 6.04. The largest absolute Gasteiger partial charge is 0.339 e. The van der Waals surface area contributed by atoms with Crippen LogP contribution < -0.4 is 5.32 Å². The van der Waals surface area contributed by atoms with E-state index in [1.54, 1.807) is 6.33 Å². The second kappa shape index (κ2) is 8.45. The Hall–Kier alpha value is -2.21. The van der Waals surface area contributed by atoms with Crippen LogP contribution in [0, 0.1) is 5.92 Å². The second-order valence-electron chi connectivity index (χ2n) is 7.52. The maximum atomic E-state index is 12.6. The van der Waals surface area contributed by atoms with E-state index in [-0.39, 0.29) is 11.9 Å². The Bertz CT molecular complexity index is 704. The molecule has 140 valence electrons. The number of hydrogen-bond donors (Lipinski definition) is 1. The summed E-state index contributed by atoms with van der Waals surface area (Å²) in [6.07, 6.45) is 4.57. The van der Waals surface area contributed by atoms with E-state index in [0.717, 1.165) is 43.7 Å². The van der Waals surface area contributed by atoms with Crippen molar-refractivity contribution in [2.75, 3.05) is 13.1 Å². The van der Waals surface area contributed by atoms with E-state index in [2.05, 4.69) is 29.2 Å². The molecular weight excluding hydrogens is 326 g/mol. The van der Waals surface area contributed by atoms with E-state index in [1.165, 1.54) is 0 Å². The Morgan fingerprint density at radius 3 is 2.50 bits per heavy atom. The Morgan fingerprint density at radius 1 is 1.23 bits per heavy atom. The van der Waals surface area contributed by atoms with Gasteiger partial charge in [0, 0.05) is 31.7 Å². The molecule has 1 amide bonds. The number of nitrogens with zero attached hydrogens (tertiary/aromatic N) is 4. The molecule has 1 aliphatic heterocycles. The second-order valence-corrected chi connectivity index (χ2v) is 7.52. The average Bonchev–Trinajstić information content (AvgIpc) is 3.07. The SMILES string of the molecule is CC(C)C[C@@H](NC1CCN(C(=O)c2ccccc2)CC1)c1ncnn1C. The minimum atomic E-state index is 0.135. The molecule has 0 spiro atoms. The van der Waals surface area contributed by atoms with Crippen LogP contribution in [-0.4, -0.2) is 44.7 Å². The maximum Gasteiger partial charge on any atom is 0.253 e. The fraction of sp³-hybridized carbons (Fsp3) is 0.550. The lowest BCUT2D eigenvalue weighted by atomic mass is 9.98. The number of nitrogens with one attached hydrogen (secondary N) is 1. The van der Waals surface area contributed by atoms with Crippen molar-refractivity contribution in [2.45, 2.75) is 45.2 Å². The summed E-state index contributed by atoms with van der Waals surface area (Å²) >= 11 is 0. The molecule has 6 heteroatoms. The zero-order valence-electron chi connectivity index (χ0n) is 15.9. The van der Waals surface area contributed by atoms with E-state index < -0.39 is 0 Å². The normalized spacial score (nSPS) is 16.8. The first kappa shape index (κ1) is 18.6. The summed E-state index contributed by atoms with van der Waals surface area (Å²) in [5.74, 6) is 1.70. The van der Waals surface area contributed by atoms with Crippen LogP contribution in [-0.2, 0) is 7.05 Å². The number of hydrogen-bond acceptors (Lipinski definition) is 4. The molecule has 1 saturated heterocycles. The van der Waals surface area contributed by atoms with Crippen molar-refractivity contribution in [1.82, 2.24) is 25.0 Å². The number of rotatable bonds is 6. The number of piperidine rings is 1. The molecule has 1 N–H and O–H groups in total. The molecule has 26 heavy (non-hydrogen) atoms. The predicted molar refractivity (Wildman–Crippen MR) is 102 cm³/mol. The fourth-order valence-electron chi connectivity index (χ4n) is 3.64. The molecule has 3 rings (SSSR count). The molecule has 1 aliphatic rings. The number of likely N-dealkylation sites (tertiary alicyclic amines) is 1. The van der Waals surface area contributed by atoms with Crippen molar-refractivity contribution in [3.05, 3.63) is 48.0 Å². The summed E-state index contributed by atoms with van der Waals surface area (Å²) in [7, 11) is 1.94. The van der Waals surface area contributed by atoms with Gasteiger partial charge in [-0.1, -0.05) is 32.0 Å². The molecule has 6 nitrogen and oxygen atoms in total. The minimum Gasteiger partial charge on any atom is -0.339 e. The highest BCUT2D eigenvalue weighted by Gasteiger charge is 2.27. The molecule has 2 heterocycles. The van der Waals surface area contributed by atoms with Gasteiger partial charge in [0.1, 0.15) is 12.2 Å². The maximum absolute atomic E-state index is 12.6. The molecule has 0 radical (unpaired) electrons. The van der Waals surface area contributed by atoms with Gasteiger partial charge in [-0.05, 0) is 37.3 Å². The molecule has 1 aromatic carbocycles. The summed E-state index contributed by atoms with van der Waals surface area (Å²) in [5, 5.41) is 7.99. The van der Waals surface area contributed by atoms with Crippen molar-refractivity contribution in [2.24, 2.45) is 13.0 Å². The van der Waals surface area contributed by atoms with Crippen LogP contribution in [0.3, 0.4) is 0 Å². The minimum absolute atomic E-state index is 0.135. The Morgan fingerprint density at radius 2 is 1.92 bits per heavy atom. The Balaban J connectivity index is 1.58. The van der Waals surface area contributed by atoms with Crippen LogP contribution in [0.15, 0.2) is 36.7 Å². The van der Waals surface area contributed by atoms with E-state index in [1.807, 2.05) is 47.0 Å². The summed E-state index contributed by atoms with van der Waals surface area (Å²) < 4.78 is 1.86. The lowest BCUT2D eigenvalue weighted by molar-refractivity contribution is 0.0700. The van der Waals surface area contributed by atoms with Gasteiger partial charge in [0.25, 0.3) is 5.91 Å². The fourth-order valence-corrected chi connectivity index (χ4v) is 3.64. The van der Waals surface area contributed by atoms with E-state index in [0.29, 0.717) is 12.0 Å². The molecule has 2 aromatic rings. The van der Waals surface area contributed by atoms with Gasteiger partial charge in [-0.25, -0.2) is 4.98 Å². The monoisotopic (exact) mass is 355 g/mol. The highest BCUT2D eigenvalue weighted by molar-refractivity contribution is 5.94. The molecule has 1 atom stereocenters. The third-order valence-electron chi connectivity index (χ3n) is 5.00. The molecule has 1 aromatic heterocycles. The zero-order valence-corrected chi connectivity index (χ0v) is 15.9. The van der Waals surface area contributed by atoms with Gasteiger partial charge in [-0.15, -0.1) is 0 Å². The van der Waals surface area contributed by atoms with Crippen LogP contribution in [0.5, 0.6) is 0 Å². The summed E-state index contributed by atoms with van der Waals surface area (Å²) in [6, 6.07) is 10.1. The molecule has 0 saturated carbocycles. The van der Waals surface area contributed by atoms with Crippen LogP contribution >= 0.6 is 0 Å². The van der Waals surface area contributed by atoms with E-state index in [4.69, 9.17) is 0 Å². The number of aromatic nitrogens is 3. The van der Waals surface area contributed by atoms with Gasteiger partial charge in [-0.2, -0.15) is 5.10 Å². The molecular formula is C20H29N5O. The first-order valence-corrected chi connectivity index (χ1v) is 9.49. The van der Waals surface area contributed by atoms with Crippen LogP contribution in [0.2, 0.25) is 0 Å². The van der Waals surface area contributed by atoms with Gasteiger partial charge in [0.2, 0.25) is 0 Å². The van der Waals surface area contributed by atoms with Crippen molar-refractivity contribution in [3.63, 3.8) is 0 Å². The third-order valence-corrected chi connectivity index (χ3v) is 5.00. The lowest BCUT2D eigenvalue weighted by Gasteiger charge is -2.35. The predicted octanol–water partition coefficient (Wildman–Crippen LogP) is 2.80. The van der Waals surface area contributed by atoms with Crippen molar-refractivity contribution in [1.29, 1.82) is 0 Å². The average molecular weight is 355 g/mol. The van der Waals surface area contributed by atoms with Crippen molar-refractivity contribution < 1.29 is 4.79 Å². The van der Waals surface area contributed by atoms with Crippen LogP contribution in [0.4, 0.5) is 0 Å². The first-order chi connectivity index (χ1) is 12.5. The van der Waals surface area contributed by atoms with Crippen molar-refractivity contribution >= 4 is 5.91 Å². The van der Waals surface area contributed by atoms with E-state index >= 15 is 0 Å². The summed E-state index contributed by atoms with van der Waals surface area (Å²) in [5.41, 5.74) is 0.774. The number of benzene rings is 1.